The Labute approximate surface area is 82.9 Å². The zero-order chi connectivity index (χ0) is 9.97. The lowest BCUT2D eigenvalue weighted by Gasteiger charge is -2.27. The lowest BCUT2D eigenvalue weighted by atomic mass is 10.2. The molecule has 1 fully saturated rings. The lowest BCUT2D eigenvalue weighted by molar-refractivity contribution is -0.118. The highest BCUT2D eigenvalue weighted by Crippen LogP contribution is 2.14. The third kappa shape index (κ3) is 1.75. The van der Waals surface area contributed by atoms with Gasteiger partial charge in [0.2, 0.25) is 5.91 Å². The van der Waals surface area contributed by atoms with Gasteiger partial charge in [-0.25, -0.2) is 0 Å². The number of rotatable bonds is 1. The van der Waals surface area contributed by atoms with Crippen molar-refractivity contribution in [2.24, 2.45) is 0 Å². The lowest BCUT2D eigenvalue weighted by Crippen LogP contribution is -2.48. The zero-order valence-corrected chi connectivity index (χ0v) is 8.16. The predicted octanol–water partition coefficient (Wildman–Crippen LogP) is 0.326. The summed E-state index contributed by atoms with van der Waals surface area (Å²) in [5.41, 5.74) is 1.89. The Kier molecular flexibility index (Phi) is 2.45. The van der Waals surface area contributed by atoms with Crippen LogP contribution in [0.25, 0.3) is 0 Å². The van der Waals surface area contributed by atoms with Gasteiger partial charge >= 0.3 is 0 Å². The molecule has 1 aromatic rings. The largest absolute Gasteiger partial charge is 0.310 e. The van der Waals surface area contributed by atoms with Crippen molar-refractivity contribution < 1.29 is 4.79 Å². The molecule has 74 valence electrons. The minimum absolute atomic E-state index is 0.127. The maximum Gasteiger partial charge on any atom is 0.240 e. The molecule has 4 heteroatoms. The summed E-state index contributed by atoms with van der Waals surface area (Å²) in [6.07, 6.45) is 1.74. The fourth-order valence-corrected chi connectivity index (χ4v) is 1.58. The molecule has 1 N–H and O–H groups in total. The molecule has 0 bridgehead atoms. The first-order valence-electron chi connectivity index (χ1n) is 4.71. The van der Waals surface area contributed by atoms with Gasteiger partial charge in [0.25, 0.3) is 0 Å². The molecule has 0 atom stereocenters. The van der Waals surface area contributed by atoms with Crippen molar-refractivity contribution in [1.29, 1.82) is 0 Å². The van der Waals surface area contributed by atoms with Crippen molar-refractivity contribution in [1.82, 2.24) is 10.3 Å². The molecule has 0 aliphatic carbocycles. The standard InChI is InChI=1S/C10H13N3O/c1-8-6-9(2-3-12-8)13-5-4-11-7-10(13)14/h2-3,6,11H,4-5,7H2,1H3. The van der Waals surface area contributed by atoms with E-state index in [1.165, 1.54) is 0 Å². The van der Waals surface area contributed by atoms with Crippen molar-refractivity contribution in [3.8, 4) is 0 Å². The van der Waals surface area contributed by atoms with Crippen molar-refractivity contribution >= 4 is 11.6 Å². The van der Waals surface area contributed by atoms with Crippen LogP contribution in [-0.4, -0.2) is 30.5 Å². The summed E-state index contributed by atoms with van der Waals surface area (Å²) in [7, 11) is 0. The fraction of sp³-hybridized carbons (Fsp3) is 0.400. The van der Waals surface area contributed by atoms with Crippen LogP contribution in [0.2, 0.25) is 0 Å². The van der Waals surface area contributed by atoms with Crippen LogP contribution in [0, 0.1) is 6.92 Å². The van der Waals surface area contributed by atoms with Crippen molar-refractivity contribution in [3.63, 3.8) is 0 Å². The van der Waals surface area contributed by atoms with E-state index in [-0.39, 0.29) is 5.91 Å². The van der Waals surface area contributed by atoms with Gasteiger partial charge in [0, 0.05) is 30.7 Å². The van der Waals surface area contributed by atoms with Crippen molar-refractivity contribution in [3.05, 3.63) is 24.0 Å². The second-order valence-electron chi connectivity index (χ2n) is 3.38. The van der Waals surface area contributed by atoms with Gasteiger partial charge < -0.3 is 10.2 Å². The normalized spacial score (nSPS) is 17.2. The van der Waals surface area contributed by atoms with Crippen LogP contribution in [0.1, 0.15) is 5.69 Å². The van der Waals surface area contributed by atoms with Gasteiger partial charge in [0.05, 0.1) is 6.54 Å². The highest BCUT2D eigenvalue weighted by atomic mass is 16.2. The molecule has 0 aromatic carbocycles. The van der Waals surface area contributed by atoms with E-state index in [0.717, 1.165) is 24.5 Å². The molecule has 1 aliphatic rings. The molecule has 14 heavy (non-hydrogen) atoms. The molecule has 0 spiro atoms. The quantitative estimate of drug-likeness (QED) is 0.695. The van der Waals surface area contributed by atoms with Crippen LogP contribution in [0.3, 0.4) is 0 Å². The van der Waals surface area contributed by atoms with Gasteiger partial charge in [0.15, 0.2) is 0 Å². The first kappa shape index (κ1) is 9.15. The molecule has 1 amide bonds. The van der Waals surface area contributed by atoms with Crippen LogP contribution in [0.5, 0.6) is 0 Å². The molecule has 2 heterocycles. The third-order valence-corrected chi connectivity index (χ3v) is 2.28. The van der Waals surface area contributed by atoms with E-state index in [1.807, 2.05) is 19.1 Å². The van der Waals surface area contributed by atoms with E-state index in [1.54, 1.807) is 11.1 Å². The Hall–Kier alpha value is -1.42. The highest BCUT2D eigenvalue weighted by molar-refractivity contribution is 5.95. The predicted molar refractivity (Wildman–Crippen MR) is 54.2 cm³/mol. The summed E-state index contributed by atoms with van der Waals surface area (Å²) in [6, 6.07) is 3.80. The second kappa shape index (κ2) is 3.75. The third-order valence-electron chi connectivity index (χ3n) is 2.28. The number of nitrogens with zero attached hydrogens (tertiary/aromatic N) is 2. The second-order valence-corrected chi connectivity index (χ2v) is 3.38. The Morgan fingerprint density at radius 3 is 3.14 bits per heavy atom. The number of nitrogens with one attached hydrogen (secondary N) is 1. The summed E-state index contributed by atoms with van der Waals surface area (Å²) in [6.45, 7) is 3.95. The number of carbonyl (C=O) groups is 1. The summed E-state index contributed by atoms with van der Waals surface area (Å²) in [4.78, 5) is 17.5. The number of hydrogen-bond acceptors (Lipinski definition) is 3. The molecule has 1 aliphatic heterocycles. The van der Waals surface area contributed by atoms with Crippen molar-refractivity contribution in [2.75, 3.05) is 24.5 Å². The Morgan fingerprint density at radius 1 is 1.57 bits per heavy atom. The summed E-state index contributed by atoms with van der Waals surface area (Å²) in [5.74, 6) is 0.127. The molecule has 0 radical (unpaired) electrons. The first-order valence-corrected chi connectivity index (χ1v) is 4.71. The molecular weight excluding hydrogens is 178 g/mol. The monoisotopic (exact) mass is 191 g/mol. The first-order chi connectivity index (χ1) is 6.77. The number of piperazine rings is 1. The average molecular weight is 191 g/mol. The van der Waals surface area contributed by atoms with Gasteiger partial charge in [-0.1, -0.05) is 0 Å². The van der Waals surface area contributed by atoms with Crippen LogP contribution in [0.4, 0.5) is 5.69 Å². The number of aromatic nitrogens is 1. The topological polar surface area (TPSA) is 45.2 Å². The number of hydrogen-bond donors (Lipinski definition) is 1. The van der Waals surface area contributed by atoms with Crippen molar-refractivity contribution in [2.45, 2.75) is 6.92 Å². The molecular formula is C10H13N3O. The van der Waals surface area contributed by atoms with E-state index in [0.29, 0.717) is 6.54 Å². The van der Waals surface area contributed by atoms with E-state index < -0.39 is 0 Å². The van der Waals surface area contributed by atoms with Crippen LogP contribution >= 0.6 is 0 Å². The van der Waals surface area contributed by atoms with E-state index in [4.69, 9.17) is 0 Å². The van der Waals surface area contributed by atoms with Gasteiger partial charge in [-0.05, 0) is 19.1 Å². The average Bonchev–Trinajstić information content (AvgIpc) is 2.18. The molecule has 4 nitrogen and oxygen atoms in total. The minimum atomic E-state index is 0.127. The zero-order valence-electron chi connectivity index (χ0n) is 8.16. The molecule has 0 unspecified atom stereocenters. The number of anilines is 1. The van der Waals surface area contributed by atoms with Crippen LogP contribution < -0.4 is 10.2 Å². The van der Waals surface area contributed by atoms with Gasteiger partial charge in [0.1, 0.15) is 0 Å². The van der Waals surface area contributed by atoms with Crippen LogP contribution in [-0.2, 0) is 4.79 Å². The maximum atomic E-state index is 11.5. The van der Waals surface area contributed by atoms with Gasteiger partial charge in [-0.2, -0.15) is 0 Å². The molecule has 2 rings (SSSR count). The van der Waals surface area contributed by atoms with E-state index in [2.05, 4.69) is 10.3 Å². The number of aryl methyl sites for hydroxylation is 1. The Balaban J connectivity index is 2.24. The van der Waals surface area contributed by atoms with Gasteiger partial charge in [-0.3, -0.25) is 9.78 Å². The smallest absolute Gasteiger partial charge is 0.240 e. The SMILES string of the molecule is Cc1cc(N2CCNCC2=O)ccn1. The number of carbonyl (C=O) groups excluding carboxylic acids is 1. The highest BCUT2D eigenvalue weighted by Gasteiger charge is 2.18. The van der Waals surface area contributed by atoms with Crippen LogP contribution in [0.15, 0.2) is 18.3 Å². The van der Waals surface area contributed by atoms with E-state index in [9.17, 15) is 4.79 Å². The summed E-state index contributed by atoms with van der Waals surface area (Å²) in [5, 5.41) is 3.04. The molecule has 0 saturated carbocycles. The minimum Gasteiger partial charge on any atom is -0.310 e. The van der Waals surface area contributed by atoms with Gasteiger partial charge in [-0.15, -0.1) is 0 Å². The Bertz CT molecular complexity index is 351. The maximum absolute atomic E-state index is 11.5. The summed E-state index contributed by atoms with van der Waals surface area (Å²) < 4.78 is 0. The van der Waals surface area contributed by atoms with E-state index >= 15 is 0 Å². The molecule has 1 saturated heterocycles. The fourth-order valence-electron chi connectivity index (χ4n) is 1.58. The summed E-state index contributed by atoms with van der Waals surface area (Å²) >= 11 is 0. The number of pyridine rings is 1. The molecule has 1 aromatic heterocycles. The number of amides is 1. The Morgan fingerprint density at radius 2 is 2.43 bits per heavy atom.